The summed E-state index contributed by atoms with van der Waals surface area (Å²) in [7, 11) is 0. The summed E-state index contributed by atoms with van der Waals surface area (Å²) in [6, 6.07) is 18.2. The molecule has 104 valence electrons. The van der Waals surface area contributed by atoms with E-state index in [2.05, 4.69) is 76.7 Å². The standard InChI is InChI=1S/C18H20BrN/c1-13-5-7-14(8-6-13)12-20-18-10-16(11-18)15-3-2-4-17(19)9-15/h2-9,16,18,20H,10-12H2,1H3. The van der Waals surface area contributed by atoms with E-state index in [1.54, 1.807) is 0 Å². The highest BCUT2D eigenvalue weighted by molar-refractivity contribution is 9.10. The summed E-state index contributed by atoms with van der Waals surface area (Å²) in [6.45, 7) is 3.11. The number of hydrogen-bond acceptors (Lipinski definition) is 1. The Morgan fingerprint density at radius 2 is 1.85 bits per heavy atom. The summed E-state index contributed by atoms with van der Waals surface area (Å²) in [5.74, 6) is 0.725. The third kappa shape index (κ3) is 3.31. The minimum absolute atomic E-state index is 0.667. The van der Waals surface area contributed by atoms with Crippen LogP contribution in [-0.4, -0.2) is 6.04 Å². The van der Waals surface area contributed by atoms with Gasteiger partial charge in [-0.2, -0.15) is 0 Å². The van der Waals surface area contributed by atoms with Gasteiger partial charge in [0.15, 0.2) is 0 Å². The van der Waals surface area contributed by atoms with E-state index >= 15 is 0 Å². The molecule has 2 aromatic carbocycles. The smallest absolute Gasteiger partial charge is 0.0208 e. The second kappa shape index (κ2) is 6.11. The first-order valence-corrected chi connectivity index (χ1v) is 8.04. The van der Waals surface area contributed by atoms with Crippen molar-refractivity contribution < 1.29 is 0 Å². The molecule has 1 aliphatic rings. The van der Waals surface area contributed by atoms with Crippen LogP contribution in [0.3, 0.4) is 0 Å². The number of halogens is 1. The zero-order valence-corrected chi connectivity index (χ0v) is 13.4. The highest BCUT2D eigenvalue weighted by Crippen LogP contribution is 2.37. The maximum atomic E-state index is 3.66. The Morgan fingerprint density at radius 1 is 1.10 bits per heavy atom. The fraction of sp³-hybridized carbons (Fsp3) is 0.333. The number of nitrogens with one attached hydrogen (secondary N) is 1. The Balaban J connectivity index is 1.48. The van der Waals surface area contributed by atoms with E-state index in [-0.39, 0.29) is 0 Å². The van der Waals surface area contributed by atoms with Gasteiger partial charge >= 0.3 is 0 Å². The van der Waals surface area contributed by atoms with Gasteiger partial charge in [-0.05, 0) is 48.9 Å². The lowest BCUT2D eigenvalue weighted by Crippen LogP contribution is -2.39. The van der Waals surface area contributed by atoms with E-state index in [9.17, 15) is 0 Å². The van der Waals surface area contributed by atoms with Gasteiger partial charge in [0, 0.05) is 17.1 Å². The molecule has 0 radical (unpaired) electrons. The molecule has 1 aliphatic carbocycles. The summed E-state index contributed by atoms with van der Waals surface area (Å²) in [5, 5.41) is 3.66. The highest BCUT2D eigenvalue weighted by atomic mass is 79.9. The predicted molar refractivity (Wildman–Crippen MR) is 87.9 cm³/mol. The van der Waals surface area contributed by atoms with Gasteiger partial charge in [-0.3, -0.25) is 0 Å². The summed E-state index contributed by atoms with van der Waals surface area (Å²) in [5.41, 5.74) is 4.17. The van der Waals surface area contributed by atoms with Gasteiger partial charge in [-0.25, -0.2) is 0 Å². The molecular formula is C18H20BrN. The van der Waals surface area contributed by atoms with Gasteiger partial charge in [0.2, 0.25) is 0 Å². The molecule has 0 amide bonds. The van der Waals surface area contributed by atoms with Crippen LogP contribution in [0.1, 0.15) is 35.4 Å². The molecule has 1 nitrogen and oxygen atoms in total. The quantitative estimate of drug-likeness (QED) is 0.850. The van der Waals surface area contributed by atoms with Gasteiger partial charge in [-0.15, -0.1) is 0 Å². The summed E-state index contributed by atoms with van der Waals surface area (Å²) in [4.78, 5) is 0. The second-order valence-corrected chi connectivity index (χ2v) is 6.70. The molecule has 0 atom stereocenters. The van der Waals surface area contributed by atoms with Crippen molar-refractivity contribution in [1.29, 1.82) is 0 Å². The van der Waals surface area contributed by atoms with Crippen molar-refractivity contribution in [3.05, 3.63) is 69.7 Å². The summed E-state index contributed by atoms with van der Waals surface area (Å²) >= 11 is 3.55. The summed E-state index contributed by atoms with van der Waals surface area (Å²) < 4.78 is 1.19. The molecular weight excluding hydrogens is 310 g/mol. The third-order valence-electron chi connectivity index (χ3n) is 4.17. The lowest BCUT2D eigenvalue weighted by molar-refractivity contribution is 0.289. The van der Waals surface area contributed by atoms with Gasteiger partial charge in [0.05, 0.1) is 0 Å². The Kier molecular flexibility index (Phi) is 4.23. The van der Waals surface area contributed by atoms with Crippen molar-refractivity contribution in [3.8, 4) is 0 Å². The normalized spacial score (nSPS) is 21.5. The van der Waals surface area contributed by atoms with Gasteiger partial charge in [0.1, 0.15) is 0 Å². The lowest BCUT2D eigenvalue weighted by Gasteiger charge is -2.36. The van der Waals surface area contributed by atoms with E-state index in [0.717, 1.165) is 12.5 Å². The van der Waals surface area contributed by atoms with Crippen molar-refractivity contribution in [1.82, 2.24) is 5.32 Å². The van der Waals surface area contributed by atoms with E-state index in [1.165, 1.54) is 34.0 Å². The Labute approximate surface area is 129 Å². The summed E-state index contributed by atoms with van der Waals surface area (Å²) in [6.07, 6.45) is 2.50. The average molecular weight is 330 g/mol. The molecule has 0 aliphatic heterocycles. The second-order valence-electron chi connectivity index (χ2n) is 5.79. The van der Waals surface area contributed by atoms with Crippen molar-refractivity contribution in [2.45, 2.75) is 38.3 Å². The molecule has 20 heavy (non-hydrogen) atoms. The van der Waals surface area contributed by atoms with Crippen LogP contribution in [0, 0.1) is 6.92 Å². The van der Waals surface area contributed by atoms with Crippen molar-refractivity contribution in [2.75, 3.05) is 0 Å². The fourth-order valence-electron chi connectivity index (χ4n) is 2.79. The third-order valence-corrected chi connectivity index (χ3v) is 4.67. The van der Waals surface area contributed by atoms with Crippen LogP contribution in [0.25, 0.3) is 0 Å². The predicted octanol–water partition coefficient (Wildman–Crippen LogP) is 4.79. The lowest BCUT2D eigenvalue weighted by atomic mass is 9.76. The van der Waals surface area contributed by atoms with Crippen LogP contribution < -0.4 is 5.32 Å². The Morgan fingerprint density at radius 3 is 2.55 bits per heavy atom. The van der Waals surface area contributed by atoms with Gasteiger partial charge in [-0.1, -0.05) is 57.9 Å². The molecule has 1 N–H and O–H groups in total. The average Bonchev–Trinajstić information content (AvgIpc) is 2.39. The van der Waals surface area contributed by atoms with Crippen LogP contribution >= 0.6 is 15.9 Å². The number of benzene rings is 2. The minimum Gasteiger partial charge on any atom is -0.310 e. The first kappa shape index (κ1) is 13.8. The van der Waals surface area contributed by atoms with Crippen LogP contribution in [-0.2, 0) is 6.54 Å². The molecule has 0 saturated heterocycles. The van der Waals surface area contributed by atoms with E-state index < -0.39 is 0 Å². The Hall–Kier alpha value is -1.12. The minimum atomic E-state index is 0.667. The largest absolute Gasteiger partial charge is 0.310 e. The SMILES string of the molecule is Cc1ccc(CNC2CC(c3cccc(Br)c3)C2)cc1. The molecule has 2 aromatic rings. The fourth-order valence-corrected chi connectivity index (χ4v) is 3.20. The topological polar surface area (TPSA) is 12.0 Å². The van der Waals surface area contributed by atoms with E-state index in [4.69, 9.17) is 0 Å². The maximum absolute atomic E-state index is 3.66. The van der Waals surface area contributed by atoms with Gasteiger partial charge < -0.3 is 5.32 Å². The first-order chi connectivity index (χ1) is 9.70. The van der Waals surface area contributed by atoms with Crippen molar-refractivity contribution in [3.63, 3.8) is 0 Å². The molecule has 1 saturated carbocycles. The zero-order chi connectivity index (χ0) is 13.9. The molecule has 0 heterocycles. The molecule has 1 fully saturated rings. The zero-order valence-electron chi connectivity index (χ0n) is 11.8. The van der Waals surface area contributed by atoms with Crippen molar-refractivity contribution in [2.24, 2.45) is 0 Å². The van der Waals surface area contributed by atoms with Crippen LogP contribution in [0.2, 0.25) is 0 Å². The monoisotopic (exact) mass is 329 g/mol. The number of hydrogen-bond donors (Lipinski definition) is 1. The first-order valence-electron chi connectivity index (χ1n) is 7.25. The molecule has 3 rings (SSSR count). The molecule has 0 bridgehead atoms. The van der Waals surface area contributed by atoms with Crippen LogP contribution in [0.5, 0.6) is 0 Å². The van der Waals surface area contributed by atoms with Crippen LogP contribution in [0.15, 0.2) is 53.0 Å². The Bertz CT molecular complexity index is 570. The van der Waals surface area contributed by atoms with E-state index in [0.29, 0.717) is 6.04 Å². The maximum Gasteiger partial charge on any atom is 0.0208 e. The van der Waals surface area contributed by atoms with E-state index in [1.807, 2.05) is 0 Å². The molecule has 0 aromatic heterocycles. The molecule has 0 unspecified atom stereocenters. The van der Waals surface area contributed by atoms with Crippen LogP contribution in [0.4, 0.5) is 0 Å². The molecule has 2 heteroatoms. The molecule has 0 spiro atoms. The highest BCUT2D eigenvalue weighted by Gasteiger charge is 2.29. The number of rotatable bonds is 4. The van der Waals surface area contributed by atoms with Crippen molar-refractivity contribution >= 4 is 15.9 Å². The van der Waals surface area contributed by atoms with Gasteiger partial charge in [0.25, 0.3) is 0 Å². The number of aryl methyl sites for hydroxylation is 1.